The topological polar surface area (TPSA) is 15.3 Å². The van der Waals surface area contributed by atoms with Gasteiger partial charge in [-0.05, 0) is 62.8 Å². The van der Waals surface area contributed by atoms with Crippen molar-refractivity contribution in [2.45, 2.75) is 89.1 Å². The van der Waals surface area contributed by atoms with Crippen LogP contribution < -0.4 is 5.32 Å². The number of likely N-dealkylation sites (tertiary alicyclic amines) is 1. The Kier molecular flexibility index (Phi) is 5.07. The molecular formula is C20H36N2. The maximum Gasteiger partial charge on any atom is 0.0198 e. The van der Waals surface area contributed by atoms with E-state index in [9.17, 15) is 0 Å². The largest absolute Gasteiger partial charge is 0.312 e. The molecule has 0 aromatic carbocycles. The average molecular weight is 305 g/mol. The van der Waals surface area contributed by atoms with Gasteiger partial charge in [-0.15, -0.1) is 0 Å². The minimum absolute atomic E-state index is 0.790. The molecule has 0 aromatic rings. The molecule has 2 heteroatoms. The predicted octanol–water partition coefficient (Wildman–Crippen LogP) is 4.20. The van der Waals surface area contributed by atoms with Crippen molar-refractivity contribution >= 4 is 0 Å². The zero-order valence-electron chi connectivity index (χ0n) is 14.4. The van der Waals surface area contributed by atoms with Gasteiger partial charge < -0.3 is 5.32 Å². The Labute approximate surface area is 137 Å². The lowest BCUT2D eigenvalue weighted by molar-refractivity contribution is 0.0916. The van der Waals surface area contributed by atoms with Gasteiger partial charge in [0.25, 0.3) is 0 Å². The third kappa shape index (κ3) is 4.06. The Morgan fingerprint density at radius 2 is 1.45 bits per heavy atom. The third-order valence-electron chi connectivity index (χ3n) is 6.94. The Morgan fingerprint density at radius 3 is 2.18 bits per heavy atom. The molecule has 2 atom stereocenters. The van der Waals surface area contributed by atoms with E-state index in [4.69, 9.17) is 0 Å². The van der Waals surface area contributed by atoms with Gasteiger partial charge in [-0.3, -0.25) is 4.90 Å². The predicted molar refractivity (Wildman–Crippen MR) is 93.0 cm³/mol. The summed E-state index contributed by atoms with van der Waals surface area (Å²) in [6.45, 7) is 4.07. The second-order valence-electron chi connectivity index (χ2n) is 8.93. The van der Waals surface area contributed by atoms with Gasteiger partial charge in [-0.25, -0.2) is 0 Å². The van der Waals surface area contributed by atoms with E-state index in [1.54, 1.807) is 0 Å². The van der Waals surface area contributed by atoms with Crippen molar-refractivity contribution in [1.29, 1.82) is 0 Å². The van der Waals surface area contributed by atoms with Crippen LogP contribution in [-0.2, 0) is 0 Å². The van der Waals surface area contributed by atoms with Crippen molar-refractivity contribution in [2.24, 2.45) is 17.8 Å². The van der Waals surface area contributed by atoms with Gasteiger partial charge in [-0.1, -0.05) is 38.5 Å². The van der Waals surface area contributed by atoms with E-state index in [-0.39, 0.29) is 0 Å². The second kappa shape index (κ2) is 7.21. The van der Waals surface area contributed by atoms with Crippen LogP contribution in [0.5, 0.6) is 0 Å². The lowest BCUT2D eigenvalue weighted by Crippen LogP contribution is -2.52. The van der Waals surface area contributed by atoms with E-state index in [1.807, 2.05) is 0 Å². The molecule has 4 aliphatic rings. The third-order valence-corrected chi connectivity index (χ3v) is 6.94. The second-order valence-corrected chi connectivity index (χ2v) is 8.93. The fraction of sp³-hybridized carbons (Fsp3) is 1.00. The lowest BCUT2D eigenvalue weighted by atomic mass is 9.88. The first-order valence-corrected chi connectivity index (χ1v) is 10.3. The van der Waals surface area contributed by atoms with Crippen LogP contribution in [0.2, 0.25) is 0 Å². The summed E-state index contributed by atoms with van der Waals surface area (Å²) in [5.41, 5.74) is 0. The summed E-state index contributed by atoms with van der Waals surface area (Å²) in [4.78, 5) is 2.90. The number of nitrogens with zero attached hydrogens (tertiary/aromatic N) is 1. The summed E-state index contributed by atoms with van der Waals surface area (Å²) in [6.07, 6.45) is 17.9. The van der Waals surface area contributed by atoms with E-state index in [1.165, 1.54) is 96.7 Å². The molecule has 3 saturated carbocycles. The van der Waals surface area contributed by atoms with Crippen LogP contribution in [0.1, 0.15) is 77.0 Å². The first kappa shape index (κ1) is 15.4. The standard InChI is InChI=1S/C20H36N2/c1-2-6-17(5-1)13-21-19-12-18(11-16-9-10-16)14-22(15-19)20-7-3-4-8-20/h16-21H,1-15H2. The fourth-order valence-corrected chi connectivity index (χ4v) is 5.50. The molecular weight excluding hydrogens is 268 g/mol. The molecule has 0 aromatic heterocycles. The first-order chi connectivity index (χ1) is 10.9. The molecule has 3 aliphatic carbocycles. The Morgan fingerprint density at radius 1 is 0.727 bits per heavy atom. The molecule has 2 unspecified atom stereocenters. The SMILES string of the molecule is C1CCC(CNC2CC(CC3CC3)CN(C3CCCC3)C2)C1. The van der Waals surface area contributed by atoms with Crippen molar-refractivity contribution in [3.05, 3.63) is 0 Å². The van der Waals surface area contributed by atoms with Crippen molar-refractivity contribution in [1.82, 2.24) is 10.2 Å². The van der Waals surface area contributed by atoms with E-state index >= 15 is 0 Å². The highest BCUT2D eigenvalue weighted by Gasteiger charge is 2.35. The van der Waals surface area contributed by atoms with Gasteiger partial charge in [0.1, 0.15) is 0 Å². The van der Waals surface area contributed by atoms with Gasteiger partial charge in [-0.2, -0.15) is 0 Å². The fourth-order valence-electron chi connectivity index (χ4n) is 5.50. The average Bonchev–Trinajstić information content (AvgIpc) is 3.02. The van der Waals surface area contributed by atoms with Crippen molar-refractivity contribution in [3.63, 3.8) is 0 Å². The number of rotatable bonds is 6. The van der Waals surface area contributed by atoms with Crippen molar-refractivity contribution in [3.8, 4) is 0 Å². The van der Waals surface area contributed by atoms with Gasteiger partial charge in [0, 0.05) is 25.2 Å². The highest BCUT2D eigenvalue weighted by molar-refractivity contribution is 4.91. The zero-order chi connectivity index (χ0) is 14.8. The van der Waals surface area contributed by atoms with Gasteiger partial charge >= 0.3 is 0 Å². The molecule has 126 valence electrons. The molecule has 0 amide bonds. The molecule has 0 radical (unpaired) electrons. The number of piperidine rings is 1. The molecule has 4 fully saturated rings. The van der Waals surface area contributed by atoms with E-state index in [0.717, 1.165) is 29.8 Å². The van der Waals surface area contributed by atoms with Crippen LogP contribution in [0.3, 0.4) is 0 Å². The van der Waals surface area contributed by atoms with E-state index in [0.29, 0.717) is 0 Å². The maximum atomic E-state index is 4.00. The smallest absolute Gasteiger partial charge is 0.0198 e. The van der Waals surface area contributed by atoms with Gasteiger partial charge in [0.15, 0.2) is 0 Å². The molecule has 0 bridgehead atoms. The molecule has 22 heavy (non-hydrogen) atoms. The zero-order valence-corrected chi connectivity index (χ0v) is 14.4. The van der Waals surface area contributed by atoms with Crippen LogP contribution in [-0.4, -0.2) is 36.6 Å². The highest BCUT2D eigenvalue weighted by atomic mass is 15.2. The van der Waals surface area contributed by atoms with Gasteiger partial charge in [0.2, 0.25) is 0 Å². The maximum absolute atomic E-state index is 4.00. The minimum atomic E-state index is 0.790. The summed E-state index contributed by atoms with van der Waals surface area (Å²) in [6, 6.07) is 1.72. The molecule has 1 N–H and O–H groups in total. The molecule has 2 nitrogen and oxygen atoms in total. The number of hydrogen-bond donors (Lipinski definition) is 1. The van der Waals surface area contributed by atoms with Crippen LogP contribution in [0.25, 0.3) is 0 Å². The lowest BCUT2D eigenvalue weighted by Gasteiger charge is -2.42. The first-order valence-electron chi connectivity index (χ1n) is 10.3. The summed E-state index contributed by atoms with van der Waals surface area (Å²) in [5.74, 6) is 3.08. The van der Waals surface area contributed by atoms with Crippen LogP contribution in [0, 0.1) is 17.8 Å². The molecule has 1 saturated heterocycles. The summed E-state index contributed by atoms with van der Waals surface area (Å²) in [7, 11) is 0. The monoisotopic (exact) mass is 304 g/mol. The molecule has 1 heterocycles. The summed E-state index contributed by atoms with van der Waals surface area (Å²) < 4.78 is 0. The molecule has 4 rings (SSSR count). The van der Waals surface area contributed by atoms with Gasteiger partial charge in [0.05, 0.1) is 0 Å². The summed E-state index contributed by atoms with van der Waals surface area (Å²) >= 11 is 0. The Hall–Kier alpha value is -0.0800. The van der Waals surface area contributed by atoms with Crippen LogP contribution in [0.4, 0.5) is 0 Å². The van der Waals surface area contributed by atoms with Crippen LogP contribution in [0.15, 0.2) is 0 Å². The van der Waals surface area contributed by atoms with Crippen molar-refractivity contribution < 1.29 is 0 Å². The quantitative estimate of drug-likeness (QED) is 0.791. The normalized spacial score (nSPS) is 35.5. The molecule has 0 spiro atoms. The molecule has 1 aliphatic heterocycles. The van der Waals surface area contributed by atoms with E-state index < -0.39 is 0 Å². The number of hydrogen-bond acceptors (Lipinski definition) is 2. The van der Waals surface area contributed by atoms with Crippen LogP contribution >= 0.6 is 0 Å². The van der Waals surface area contributed by atoms with Crippen molar-refractivity contribution in [2.75, 3.05) is 19.6 Å². The summed E-state index contributed by atoms with van der Waals surface area (Å²) in [5, 5.41) is 4.00. The Bertz CT molecular complexity index is 340. The Balaban J connectivity index is 1.31. The number of nitrogens with one attached hydrogen (secondary N) is 1. The van der Waals surface area contributed by atoms with E-state index in [2.05, 4.69) is 10.2 Å². The highest BCUT2D eigenvalue weighted by Crippen LogP contribution is 2.39. The minimum Gasteiger partial charge on any atom is -0.312 e.